The van der Waals surface area contributed by atoms with Crippen LogP contribution >= 0.6 is 12.4 Å². The largest absolute Gasteiger partial charge is 0.339 e. The van der Waals surface area contributed by atoms with Crippen molar-refractivity contribution in [1.82, 2.24) is 10.2 Å². The van der Waals surface area contributed by atoms with Gasteiger partial charge in [-0.1, -0.05) is 0 Å². The van der Waals surface area contributed by atoms with Crippen molar-refractivity contribution >= 4 is 28.2 Å². The molecule has 0 aromatic carbocycles. The Bertz CT molecular complexity index is 475. The fourth-order valence-corrected chi connectivity index (χ4v) is 4.64. The highest BCUT2D eigenvalue weighted by Gasteiger charge is 2.58. The third-order valence-electron chi connectivity index (χ3n) is 4.79. The van der Waals surface area contributed by atoms with Crippen molar-refractivity contribution in [2.45, 2.75) is 39.2 Å². The molecule has 0 bridgehead atoms. The van der Waals surface area contributed by atoms with E-state index >= 15 is 0 Å². The van der Waals surface area contributed by atoms with Crippen molar-refractivity contribution in [3.8, 4) is 0 Å². The van der Waals surface area contributed by atoms with Crippen LogP contribution in [0.25, 0.3) is 0 Å². The van der Waals surface area contributed by atoms with Crippen molar-refractivity contribution in [1.29, 1.82) is 0 Å². The van der Waals surface area contributed by atoms with E-state index in [-0.39, 0.29) is 41.4 Å². The number of hydrogen-bond donors (Lipinski definition) is 1. The summed E-state index contributed by atoms with van der Waals surface area (Å²) >= 11 is 0. The average molecular weight is 339 g/mol. The van der Waals surface area contributed by atoms with E-state index in [0.717, 1.165) is 32.4 Å². The van der Waals surface area contributed by atoms with Crippen LogP contribution in [0.5, 0.6) is 0 Å². The molecule has 1 N–H and O–H groups in total. The normalized spacial score (nSPS) is 25.0. The second-order valence-electron chi connectivity index (χ2n) is 6.43. The van der Waals surface area contributed by atoms with Crippen molar-refractivity contribution in [3.63, 3.8) is 0 Å². The van der Waals surface area contributed by atoms with E-state index in [0.29, 0.717) is 6.54 Å². The van der Waals surface area contributed by atoms with Crippen molar-refractivity contribution in [2.75, 3.05) is 31.6 Å². The van der Waals surface area contributed by atoms with Crippen LogP contribution in [0.2, 0.25) is 0 Å². The maximum Gasteiger partial charge on any atom is 0.226 e. The maximum absolute atomic E-state index is 12.6. The number of rotatable bonds is 5. The number of amides is 1. The van der Waals surface area contributed by atoms with Gasteiger partial charge in [0.25, 0.3) is 0 Å². The molecule has 0 aromatic heterocycles. The SMILES string of the molecule is CCN(C(=O)C1CC12CCNCC2)C(C)CS(C)(=O)=O.Cl. The maximum atomic E-state index is 12.6. The Hall–Kier alpha value is -0.330. The minimum Gasteiger partial charge on any atom is -0.339 e. The van der Waals surface area contributed by atoms with Gasteiger partial charge < -0.3 is 10.2 Å². The van der Waals surface area contributed by atoms with Gasteiger partial charge in [-0.3, -0.25) is 4.79 Å². The molecule has 7 heteroatoms. The topological polar surface area (TPSA) is 66.5 Å². The molecule has 0 aromatic rings. The van der Waals surface area contributed by atoms with Gasteiger partial charge in [0.05, 0.1) is 5.75 Å². The lowest BCUT2D eigenvalue weighted by atomic mass is 9.91. The molecule has 21 heavy (non-hydrogen) atoms. The lowest BCUT2D eigenvalue weighted by Crippen LogP contribution is -2.44. The summed E-state index contributed by atoms with van der Waals surface area (Å²) in [6.45, 7) is 6.33. The number of sulfone groups is 1. The van der Waals surface area contributed by atoms with Gasteiger partial charge in [-0.2, -0.15) is 0 Å². The smallest absolute Gasteiger partial charge is 0.226 e. The molecule has 5 nitrogen and oxygen atoms in total. The van der Waals surface area contributed by atoms with E-state index in [1.807, 2.05) is 13.8 Å². The molecule has 1 heterocycles. The molecular formula is C14H27ClN2O3S. The Balaban J connectivity index is 0.00000220. The highest BCUT2D eigenvalue weighted by Crippen LogP contribution is 2.59. The molecule has 2 fully saturated rings. The summed E-state index contributed by atoms with van der Waals surface area (Å²) in [5.41, 5.74) is 0.209. The predicted molar refractivity (Wildman–Crippen MR) is 86.5 cm³/mol. The van der Waals surface area contributed by atoms with Crippen LogP contribution in [0.4, 0.5) is 0 Å². The van der Waals surface area contributed by atoms with E-state index in [9.17, 15) is 13.2 Å². The molecule has 2 atom stereocenters. The molecule has 1 amide bonds. The molecular weight excluding hydrogens is 312 g/mol. The van der Waals surface area contributed by atoms with Gasteiger partial charge in [-0.25, -0.2) is 8.42 Å². The Morgan fingerprint density at radius 2 is 1.95 bits per heavy atom. The van der Waals surface area contributed by atoms with Gasteiger partial charge in [0.15, 0.2) is 0 Å². The first-order valence-corrected chi connectivity index (χ1v) is 9.54. The van der Waals surface area contributed by atoms with E-state index in [4.69, 9.17) is 0 Å². The van der Waals surface area contributed by atoms with Crippen LogP contribution in [0.1, 0.15) is 33.1 Å². The zero-order valence-electron chi connectivity index (χ0n) is 13.1. The van der Waals surface area contributed by atoms with Crippen LogP contribution in [-0.4, -0.2) is 56.9 Å². The number of nitrogens with one attached hydrogen (secondary N) is 1. The van der Waals surface area contributed by atoms with Crippen molar-refractivity contribution < 1.29 is 13.2 Å². The number of nitrogens with zero attached hydrogens (tertiary/aromatic N) is 1. The monoisotopic (exact) mass is 338 g/mol. The lowest BCUT2D eigenvalue weighted by molar-refractivity contribution is -0.135. The molecule has 1 saturated heterocycles. The number of piperidine rings is 1. The molecule has 1 saturated carbocycles. The van der Waals surface area contributed by atoms with Gasteiger partial charge in [0.1, 0.15) is 9.84 Å². The van der Waals surface area contributed by atoms with Crippen LogP contribution < -0.4 is 5.32 Å². The Kier molecular flexibility index (Phi) is 6.09. The summed E-state index contributed by atoms with van der Waals surface area (Å²) in [5, 5.41) is 3.33. The van der Waals surface area contributed by atoms with Gasteiger partial charge in [0, 0.05) is 24.8 Å². The van der Waals surface area contributed by atoms with Gasteiger partial charge in [-0.15, -0.1) is 12.4 Å². The highest BCUT2D eigenvalue weighted by molar-refractivity contribution is 7.90. The van der Waals surface area contributed by atoms with E-state index in [1.54, 1.807) is 4.90 Å². The highest BCUT2D eigenvalue weighted by atomic mass is 35.5. The Labute approximate surface area is 134 Å². The zero-order valence-corrected chi connectivity index (χ0v) is 14.7. The summed E-state index contributed by atoms with van der Waals surface area (Å²) in [6.07, 6.45) is 4.35. The van der Waals surface area contributed by atoms with Gasteiger partial charge in [-0.05, 0) is 51.6 Å². The van der Waals surface area contributed by atoms with Gasteiger partial charge in [0.2, 0.25) is 5.91 Å². The molecule has 2 rings (SSSR count). The first kappa shape index (κ1) is 18.7. The van der Waals surface area contributed by atoms with Crippen LogP contribution in [-0.2, 0) is 14.6 Å². The quantitative estimate of drug-likeness (QED) is 0.814. The summed E-state index contributed by atoms with van der Waals surface area (Å²) in [6, 6.07) is -0.234. The summed E-state index contributed by atoms with van der Waals surface area (Å²) in [7, 11) is -3.05. The molecule has 124 valence electrons. The molecule has 2 aliphatic rings. The number of halogens is 1. The van der Waals surface area contributed by atoms with E-state index < -0.39 is 9.84 Å². The van der Waals surface area contributed by atoms with Crippen LogP contribution in [0, 0.1) is 11.3 Å². The predicted octanol–water partition coefficient (Wildman–Crippen LogP) is 1.08. The summed E-state index contributed by atoms with van der Waals surface area (Å²) in [5.74, 6) is 0.325. The minimum absolute atomic E-state index is 0. The fraction of sp³-hybridized carbons (Fsp3) is 0.929. The van der Waals surface area contributed by atoms with Crippen LogP contribution in [0.15, 0.2) is 0 Å². The summed E-state index contributed by atoms with van der Waals surface area (Å²) in [4.78, 5) is 14.4. The molecule has 1 spiro atoms. The first-order valence-electron chi connectivity index (χ1n) is 7.48. The molecule has 1 aliphatic heterocycles. The molecule has 0 radical (unpaired) electrons. The minimum atomic E-state index is -3.05. The van der Waals surface area contributed by atoms with E-state index in [2.05, 4.69) is 5.32 Å². The number of carbonyl (C=O) groups excluding carboxylic acids is 1. The Morgan fingerprint density at radius 3 is 2.43 bits per heavy atom. The van der Waals surface area contributed by atoms with Crippen molar-refractivity contribution in [2.24, 2.45) is 11.3 Å². The zero-order chi connectivity index (χ0) is 15.0. The fourth-order valence-electron chi connectivity index (χ4n) is 3.59. The van der Waals surface area contributed by atoms with Crippen molar-refractivity contribution in [3.05, 3.63) is 0 Å². The van der Waals surface area contributed by atoms with Gasteiger partial charge >= 0.3 is 0 Å². The number of hydrogen-bond acceptors (Lipinski definition) is 4. The summed E-state index contributed by atoms with van der Waals surface area (Å²) < 4.78 is 22.8. The lowest BCUT2D eigenvalue weighted by Gasteiger charge is -2.30. The van der Waals surface area contributed by atoms with E-state index in [1.165, 1.54) is 6.26 Å². The third kappa shape index (κ3) is 4.33. The average Bonchev–Trinajstić information content (AvgIpc) is 3.02. The number of carbonyl (C=O) groups is 1. The standard InChI is InChI=1S/C14H26N2O3S.ClH/c1-4-16(11(2)10-20(3,18)19)13(17)12-9-14(12)5-7-15-8-6-14;/h11-12,15H,4-10H2,1-3H3;1H. The molecule has 2 unspecified atom stereocenters. The second-order valence-corrected chi connectivity index (χ2v) is 8.62. The molecule has 1 aliphatic carbocycles. The first-order chi connectivity index (χ1) is 9.29. The second kappa shape index (κ2) is 6.84. The Morgan fingerprint density at radius 1 is 1.38 bits per heavy atom. The third-order valence-corrected chi connectivity index (χ3v) is 5.87. The van der Waals surface area contributed by atoms with Crippen LogP contribution in [0.3, 0.4) is 0 Å².